The Morgan fingerprint density at radius 2 is 2.09 bits per heavy atom. The molecule has 7 nitrogen and oxygen atoms in total. The number of aliphatic hydroxyl groups excluding tert-OH is 2. The van der Waals surface area contributed by atoms with Crippen LogP contribution in [0.1, 0.15) is 17.3 Å². The largest absolute Gasteiger partial charge is 0.510 e. The summed E-state index contributed by atoms with van der Waals surface area (Å²) in [5, 5.41) is 39.2. The molecular formula is C16H18O7. The van der Waals surface area contributed by atoms with Crippen LogP contribution in [0.15, 0.2) is 35.6 Å². The Balaban J connectivity index is 2.42. The second-order valence-corrected chi connectivity index (χ2v) is 5.04. The summed E-state index contributed by atoms with van der Waals surface area (Å²) in [5.74, 6) is -1.62. The highest BCUT2D eigenvalue weighted by Gasteiger charge is 2.39. The minimum absolute atomic E-state index is 0.0355. The van der Waals surface area contributed by atoms with Crippen molar-refractivity contribution in [1.82, 2.24) is 0 Å². The molecule has 2 rings (SSSR count). The van der Waals surface area contributed by atoms with E-state index in [0.717, 1.165) is 6.07 Å². The van der Waals surface area contributed by atoms with Gasteiger partial charge in [-0.15, -0.1) is 0 Å². The number of aromatic hydroxyl groups is 2. The zero-order valence-electron chi connectivity index (χ0n) is 12.7. The SMILES string of the molecule is C/C=C(\C=C(\O)COC)[C@H]1Oc2cc(O)cc(O)c2C(=O)[C@@H]1O. The van der Waals surface area contributed by atoms with Crippen LogP contribution in [0, 0.1) is 0 Å². The summed E-state index contributed by atoms with van der Waals surface area (Å²) >= 11 is 0. The maximum atomic E-state index is 12.3. The van der Waals surface area contributed by atoms with E-state index >= 15 is 0 Å². The summed E-state index contributed by atoms with van der Waals surface area (Å²) in [6.45, 7) is 1.62. The lowest BCUT2D eigenvalue weighted by Gasteiger charge is -2.30. The van der Waals surface area contributed by atoms with Crippen molar-refractivity contribution >= 4 is 5.78 Å². The quantitative estimate of drug-likeness (QED) is 0.489. The van der Waals surface area contributed by atoms with Gasteiger partial charge in [0.25, 0.3) is 0 Å². The number of carbonyl (C=O) groups excluding carboxylic acids is 1. The van der Waals surface area contributed by atoms with E-state index in [9.17, 15) is 25.2 Å². The van der Waals surface area contributed by atoms with Gasteiger partial charge in [0, 0.05) is 19.2 Å². The van der Waals surface area contributed by atoms with Crippen molar-refractivity contribution in [2.75, 3.05) is 13.7 Å². The molecule has 2 atom stereocenters. The van der Waals surface area contributed by atoms with Crippen LogP contribution in [-0.4, -0.2) is 52.1 Å². The fourth-order valence-corrected chi connectivity index (χ4v) is 2.38. The summed E-state index contributed by atoms with van der Waals surface area (Å²) in [4.78, 5) is 12.3. The number of allylic oxidation sites excluding steroid dienone is 1. The Labute approximate surface area is 132 Å². The Morgan fingerprint density at radius 1 is 1.39 bits per heavy atom. The number of carbonyl (C=O) groups is 1. The number of phenolic OH excluding ortho intramolecular Hbond substituents is 2. The van der Waals surface area contributed by atoms with E-state index in [2.05, 4.69) is 0 Å². The predicted octanol–water partition coefficient (Wildman–Crippen LogP) is 1.44. The second-order valence-electron chi connectivity index (χ2n) is 5.04. The van der Waals surface area contributed by atoms with E-state index in [1.54, 1.807) is 13.0 Å². The molecule has 0 aromatic heterocycles. The summed E-state index contributed by atoms with van der Waals surface area (Å²) in [5.41, 5.74) is 0.168. The number of Topliss-reactive ketones (excluding diaryl/α,β-unsaturated/α-hetero) is 1. The number of benzene rings is 1. The molecular weight excluding hydrogens is 304 g/mol. The first-order valence-corrected chi connectivity index (χ1v) is 6.88. The molecule has 7 heteroatoms. The molecule has 0 unspecified atom stereocenters. The average molecular weight is 322 g/mol. The number of ether oxygens (including phenoxy) is 2. The van der Waals surface area contributed by atoms with Crippen molar-refractivity contribution in [2.24, 2.45) is 0 Å². The summed E-state index contributed by atoms with van der Waals surface area (Å²) in [6, 6.07) is 2.17. The van der Waals surface area contributed by atoms with Crippen LogP contribution in [-0.2, 0) is 4.74 Å². The first-order valence-electron chi connectivity index (χ1n) is 6.88. The number of hydrogen-bond donors (Lipinski definition) is 4. The van der Waals surface area contributed by atoms with Crippen molar-refractivity contribution in [3.8, 4) is 17.2 Å². The van der Waals surface area contributed by atoms with E-state index in [1.165, 1.54) is 19.3 Å². The Hall–Kier alpha value is -2.51. The van der Waals surface area contributed by atoms with Crippen molar-refractivity contribution in [1.29, 1.82) is 0 Å². The summed E-state index contributed by atoms with van der Waals surface area (Å²) in [6.07, 6.45) is 0.259. The van der Waals surface area contributed by atoms with Gasteiger partial charge < -0.3 is 29.9 Å². The fourth-order valence-electron chi connectivity index (χ4n) is 2.38. The van der Waals surface area contributed by atoms with Gasteiger partial charge in [-0.3, -0.25) is 4.79 Å². The molecule has 1 heterocycles. The third-order valence-electron chi connectivity index (χ3n) is 3.41. The van der Waals surface area contributed by atoms with Gasteiger partial charge in [0.15, 0.2) is 12.2 Å². The molecule has 1 aromatic carbocycles. The third kappa shape index (κ3) is 3.30. The van der Waals surface area contributed by atoms with E-state index in [1.807, 2.05) is 0 Å². The van der Waals surface area contributed by atoms with E-state index in [0.29, 0.717) is 5.57 Å². The topological polar surface area (TPSA) is 116 Å². The molecule has 0 aliphatic carbocycles. The minimum Gasteiger partial charge on any atom is -0.510 e. The molecule has 0 bridgehead atoms. The Morgan fingerprint density at radius 3 is 2.70 bits per heavy atom. The lowest BCUT2D eigenvalue weighted by atomic mass is 9.92. The number of fused-ring (bicyclic) bond motifs is 1. The maximum Gasteiger partial charge on any atom is 0.202 e. The summed E-state index contributed by atoms with van der Waals surface area (Å²) < 4.78 is 10.3. The molecule has 124 valence electrons. The van der Waals surface area contributed by atoms with E-state index in [4.69, 9.17) is 9.47 Å². The zero-order chi connectivity index (χ0) is 17.1. The van der Waals surface area contributed by atoms with Crippen LogP contribution in [0.2, 0.25) is 0 Å². The highest BCUT2D eigenvalue weighted by Crippen LogP contribution is 2.39. The number of methoxy groups -OCH3 is 1. The van der Waals surface area contributed by atoms with Crippen molar-refractivity contribution in [3.05, 3.63) is 41.2 Å². The molecule has 23 heavy (non-hydrogen) atoms. The second kappa shape index (κ2) is 6.72. The van der Waals surface area contributed by atoms with Crippen molar-refractivity contribution in [2.45, 2.75) is 19.1 Å². The molecule has 0 amide bonds. The number of phenols is 2. The first-order chi connectivity index (χ1) is 10.9. The Kier molecular flexibility index (Phi) is 4.92. The highest BCUT2D eigenvalue weighted by atomic mass is 16.5. The monoisotopic (exact) mass is 322 g/mol. The van der Waals surface area contributed by atoms with Gasteiger partial charge in [-0.25, -0.2) is 0 Å². The molecule has 1 aromatic rings. The number of hydrogen-bond acceptors (Lipinski definition) is 7. The lowest BCUT2D eigenvalue weighted by Crippen LogP contribution is -2.43. The molecule has 0 radical (unpaired) electrons. The van der Waals surface area contributed by atoms with Gasteiger partial charge in [-0.1, -0.05) is 6.08 Å². The maximum absolute atomic E-state index is 12.3. The van der Waals surface area contributed by atoms with Gasteiger partial charge in [0.1, 0.15) is 35.2 Å². The van der Waals surface area contributed by atoms with Gasteiger partial charge in [0.05, 0.1) is 0 Å². The van der Waals surface area contributed by atoms with Crippen LogP contribution in [0.3, 0.4) is 0 Å². The molecule has 0 spiro atoms. The molecule has 1 aliphatic heterocycles. The lowest BCUT2D eigenvalue weighted by molar-refractivity contribution is 0.0346. The van der Waals surface area contributed by atoms with Gasteiger partial charge in [-0.2, -0.15) is 0 Å². The third-order valence-corrected chi connectivity index (χ3v) is 3.41. The van der Waals surface area contributed by atoms with Crippen molar-refractivity contribution < 1.29 is 34.7 Å². The summed E-state index contributed by atoms with van der Waals surface area (Å²) in [7, 11) is 1.41. The minimum atomic E-state index is -1.56. The molecule has 0 saturated carbocycles. The normalized spacial score (nSPS) is 21.8. The van der Waals surface area contributed by atoms with Crippen LogP contribution >= 0.6 is 0 Å². The fraction of sp³-hybridized carbons (Fsp3) is 0.312. The number of ketones is 1. The smallest absolute Gasteiger partial charge is 0.202 e. The van der Waals surface area contributed by atoms with E-state index in [-0.39, 0.29) is 29.4 Å². The van der Waals surface area contributed by atoms with Crippen LogP contribution in [0.25, 0.3) is 0 Å². The van der Waals surface area contributed by atoms with Gasteiger partial charge in [-0.05, 0) is 18.6 Å². The molecule has 1 aliphatic rings. The van der Waals surface area contributed by atoms with Crippen LogP contribution in [0.4, 0.5) is 0 Å². The highest BCUT2D eigenvalue weighted by molar-refractivity contribution is 6.05. The molecule has 4 N–H and O–H groups in total. The van der Waals surface area contributed by atoms with Gasteiger partial charge in [0.2, 0.25) is 5.78 Å². The van der Waals surface area contributed by atoms with Crippen LogP contribution < -0.4 is 4.74 Å². The van der Waals surface area contributed by atoms with Gasteiger partial charge >= 0.3 is 0 Å². The predicted molar refractivity (Wildman–Crippen MR) is 80.9 cm³/mol. The average Bonchev–Trinajstić information content (AvgIpc) is 2.48. The van der Waals surface area contributed by atoms with Crippen molar-refractivity contribution in [3.63, 3.8) is 0 Å². The first kappa shape index (κ1) is 16.9. The van der Waals surface area contributed by atoms with E-state index < -0.39 is 23.7 Å². The van der Waals surface area contributed by atoms with Crippen LogP contribution in [0.5, 0.6) is 17.2 Å². The Bertz CT molecular complexity index is 675. The molecule has 0 saturated heterocycles. The number of aliphatic hydroxyl groups is 2. The molecule has 0 fully saturated rings. The zero-order valence-corrected chi connectivity index (χ0v) is 12.7. The standard InChI is InChI=1S/C16H18O7/c1-3-8(4-10(18)7-22-2)16-15(21)14(20)13-11(19)5-9(17)6-12(13)23-16/h3-6,15-19,21H,7H2,1-2H3/b8-3+,10-4+/t15-,16+/m0/s1. The number of rotatable bonds is 4.